The summed E-state index contributed by atoms with van der Waals surface area (Å²) in [5.41, 5.74) is 1.60. The molecule has 0 aliphatic carbocycles. The molecular formula is C11H11NO2. The summed E-state index contributed by atoms with van der Waals surface area (Å²) in [6.45, 7) is 2.70. The first-order chi connectivity index (χ1) is 6.79. The van der Waals surface area contributed by atoms with Gasteiger partial charge in [0.25, 0.3) is 0 Å². The van der Waals surface area contributed by atoms with Crippen molar-refractivity contribution in [3.8, 4) is 0 Å². The van der Waals surface area contributed by atoms with Crippen LogP contribution in [0.1, 0.15) is 22.8 Å². The molecule has 3 heteroatoms. The van der Waals surface area contributed by atoms with Gasteiger partial charge in [-0.2, -0.15) is 0 Å². The third-order valence-corrected chi connectivity index (χ3v) is 2.10. The standard InChI is InChI=1S/C11H11NO2/c1-8-6-12-11(14-8)10-4-2-9(7-13)3-5-10/h2-5,7-8H,6H2,1H3. The van der Waals surface area contributed by atoms with Gasteiger partial charge in [-0.1, -0.05) is 12.1 Å². The van der Waals surface area contributed by atoms with E-state index in [2.05, 4.69) is 4.99 Å². The maximum absolute atomic E-state index is 10.4. The van der Waals surface area contributed by atoms with E-state index in [9.17, 15) is 4.79 Å². The van der Waals surface area contributed by atoms with Gasteiger partial charge >= 0.3 is 0 Å². The molecule has 0 saturated carbocycles. The van der Waals surface area contributed by atoms with Crippen molar-refractivity contribution < 1.29 is 9.53 Å². The van der Waals surface area contributed by atoms with Crippen LogP contribution in [0, 0.1) is 0 Å². The highest BCUT2D eigenvalue weighted by Crippen LogP contribution is 2.12. The summed E-state index contributed by atoms with van der Waals surface area (Å²) in [4.78, 5) is 14.7. The van der Waals surface area contributed by atoms with E-state index in [1.54, 1.807) is 12.1 Å². The second kappa shape index (κ2) is 3.62. The largest absolute Gasteiger partial charge is 0.472 e. The molecule has 3 nitrogen and oxygen atoms in total. The maximum atomic E-state index is 10.4. The van der Waals surface area contributed by atoms with Crippen molar-refractivity contribution in [2.75, 3.05) is 6.54 Å². The lowest BCUT2D eigenvalue weighted by atomic mass is 10.1. The molecule has 0 N–H and O–H groups in total. The van der Waals surface area contributed by atoms with Gasteiger partial charge in [0.1, 0.15) is 12.4 Å². The Hall–Kier alpha value is -1.64. The molecule has 0 amide bonds. The van der Waals surface area contributed by atoms with E-state index in [1.807, 2.05) is 19.1 Å². The minimum atomic E-state index is 0.163. The fraction of sp³-hybridized carbons (Fsp3) is 0.273. The van der Waals surface area contributed by atoms with E-state index in [-0.39, 0.29) is 6.10 Å². The first kappa shape index (κ1) is 8.94. The predicted octanol–water partition coefficient (Wildman–Crippen LogP) is 1.66. The smallest absolute Gasteiger partial charge is 0.216 e. The zero-order valence-corrected chi connectivity index (χ0v) is 7.93. The third kappa shape index (κ3) is 1.66. The summed E-state index contributed by atoms with van der Waals surface area (Å²) < 4.78 is 5.48. The Morgan fingerprint density at radius 1 is 1.43 bits per heavy atom. The Morgan fingerprint density at radius 3 is 2.64 bits per heavy atom. The molecule has 2 rings (SSSR count). The number of hydrogen-bond donors (Lipinski definition) is 0. The van der Waals surface area contributed by atoms with Gasteiger partial charge in [-0.15, -0.1) is 0 Å². The van der Waals surface area contributed by atoms with Crippen molar-refractivity contribution >= 4 is 12.2 Å². The first-order valence-electron chi connectivity index (χ1n) is 4.56. The van der Waals surface area contributed by atoms with Crippen molar-refractivity contribution in [1.82, 2.24) is 0 Å². The highest BCUT2D eigenvalue weighted by Gasteiger charge is 2.16. The van der Waals surface area contributed by atoms with Crippen LogP contribution in [0.4, 0.5) is 0 Å². The monoisotopic (exact) mass is 189 g/mol. The van der Waals surface area contributed by atoms with Crippen molar-refractivity contribution in [2.24, 2.45) is 4.99 Å². The lowest BCUT2D eigenvalue weighted by Crippen LogP contribution is -2.08. The van der Waals surface area contributed by atoms with Gasteiger partial charge in [0.15, 0.2) is 0 Å². The van der Waals surface area contributed by atoms with Gasteiger partial charge in [-0.25, -0.2) is 4.99 Å². The Bertz CT molecular complexity index is 367. The number of rotatable bonds is 2. The molecule has 0 saturated heterocycles. The average Bonchev–Trinajstić information content (AvgIpc) is 2.65. The molecule has 1 aromatic carbocycles. The molecule has 1 unspecified atom stereocenters. The SMILES string of the molecule is CC1CN=C(c2ccc(C=O)cc2)O1. The second-order valence-corrected chi connectivity index (χ2v) is 3.31. The molecule has 72 valence electrons. The van der Waals surface area contributed by atoms with Crippen LogP contribution < -0.4 is 0 Å². The van der Waals surface area contributed by atoms with E-state index in [0.717, 1.165) is 11.8 Å². The Labute approximate surface area is 82.4 Å². The number of hydrogen-bond acceptors (Lipinski definition) is 3. The molecule has 1 atom stereocenters. The lowest BCUT2D eigenvalue weighted by molar-refractivity contribution is 0.112. The van der Waals surface area contributed by atoms with E-state index in [4.69, 9.17) is 4.74 Å². The molecule has 1 aliphatic rings. The third-order valence-electron chi connectivity index (χ3n) is 2.10. The summed E-state index contributed by atoms with van der Waals surface area (Å²) in [6.07, 6.45) is 0.986. The number of benzene rings is 1. The first-order valence-corrected chi connectivity index (χ1v) is 4.56. The van der Waals surface area contributed by atoms with E-state index in [0.29, 0.717) is 18.0 Å². The van der Waals surface area contributed by atoms with E-state index >= 15 is 0 Å². The Kier molecular flexibility index (Phi) is 2.31. The minimum Gasteiger partial charge on any atom is -0.472 e. The van der Waals surface area contributed by atoms with Gasteiger partial charge in [-0.3, -0.25) is 4.79 Å². The zero-order valence-electron chi connectivity index (χ0n) is 7.93. The quantitative estimate of drug-likeness (QED) is 0.664. The molecule has 14 heavy (non-hydrogen) atoms. The van der Waals surface area contributed by atoms with Crippen LogP contribution in [0.15, 0.2) is 29.3 Å². The average molecular weight is 189 g/mol. The van der Waals surface area contributed by atoms with E-state index < -0.39 is 0 Å². The number of aldehydes is 1. The second-order valence-electron chi connectivity index (χ2n) is 3.31. The summed E-state index contributed by atoms with van der Waals surface area (Å²) in [5.74, 6) is 0.676. The molecule has 1 aromatic rings. The van der Waals surface area contributed by atoms with Crippen molar-refractivity contribution in [3.63, 3.8) is 0 Å². The van der Waals surface area contributed by atoms with Crippen LogP contribution in [0.2, 0.25) is 0 Å². The van der Waals surface area contributed by atoms with Gasteiger partial charge in [0.2, 0.25) is 5.90 Å². The molecule has 0 aromatic heterocycles. The highest BCUT2D eigenvalue weighted by atomic mass is 16.5. The number of aliphatic imine (C=N–C) groups is 1. The highest BCUT2D eigenvalue weighted by molar-refractivity contribution is 5.95. The van der Waals surface area contributed by atoms with E-state index in [1.165, 1.54) is 0 Å². The van der Waals surface area contributed by atoms with Crippen molar-refractivity contribution in [1.29, 1.82) is 0 Å². The molecule has 0 radical (unpaired) electrons. The Morgan fingerprint density at radius 2 is 2.14 bits per heavy atom. The topological polar surface area (TPSA) is 38.7 Å². The maximum Gasteiger partial charge on any atom is 0.216 e. The van der Waals surface area contributed by atoms with Crippen LogP contribution in [-0.2, 0) is 4.74 Å². The normalized spacial score (nSPS) is 20.1. The number of ether oxygens (including phenoxy) is 1. The predicted molar refractivity (Wildman–Crippen MR) is 53.8 cm³/mol. The van der Waals surface area contributed by atoms with Crippen LogP contribution in [-0.4, -0.2) is 24.8 Å². The summed E-state index contributed by atoms with van der Waals surface area (Å²) in [7, 11) is 0. The molecule has 0 spiro atoms. The van der Waals surface area contributed by atoms with Gasteiger partial charge in [-0.05, 0) is 19.1 Å². The van der Waals surface area contributed by atoms with Crippen LogP contribution in [0.5, 0.6) is 0 Å². The van der Waals surface area contributed by atoms with Crippen molar-refractivity contribution in [2.45, 2.75) is 13.0 Å². The molecule has 1 aliphatic heterocycles. The number of carbonyl (C=O) groups excluding carboxylic acids is 1. The fourth-order valence-electron chi connectivity index (χ4n) is 1.34. The summed E-state index contributed by atoms with van der Waals surface area (Å²) >= 11 is 0. The van der Waals surface area contributed by atoms with Gasteiger partial charge in [0.05, 0.1) is 6.54 Å². The van der Waals surface area contributed by atoms with Gasteiger partial charge in [0, 0.05) is 11.1 Å². The minimum absolute atomic E-state index is 0.163. The molecule has 0 fully saturated rings. The summed E-state index contributed by atoms with van der Waals surface area (Å²) in [6, 6.07) is 7.22. The summed E-state index contributed by atoms with van der Waals surface area (Å²) in [5, 5.41) is 0. The molecular weight excluding hydrogens is 178 g/mol. The van der Waals surface area contributed by atoms with Gasteiger partial charge < -0.3 is 4.74 Å². The number of carbonyl (C=O) groups is 1. The number of nitrogens with zero attached hydrogens (tertiary/aromatic N) is 1. The van der Waals surface area contributed by atoms with Crippen molar-refractivity contribution in [3.05, 3.63) is 35.4 Å². The lowest BCUT2D eigenvalue weighted by Gasteiger charge is -2.05. The van der Waals surface area contributed by atoms with Crippen LogP contribution in [0.3, 0.4) is 0 Å². The zero-order chi connectivity index (χ0) is 9.97. The van der Waals surface area contributed by atoms with Crippen LogP contribution in [0.25, 0.3) is 0 Å². The molecule has 1 heterocycles. The Balaban J connectivity index is 2.21. The van der Waals surface area contributed by atoms with Crippen LogP contribution >= 0.6 is 0 Å². The fourth-order valence-corrected chi connectivity index (χ4v) is 1.34. The molecule has 0 bridgehead atoms.